The number of carbonyl (C=O) groups is 1. The van der Waals surface area contributed by atoms with Crippen LogP contribution in [-0.4, -0.2) is 53.4 Å². The van der Waals surface area contributed by atoms with Gasteiger partial charge in [0.05, 0.1) is 13.3 Å². The standard InChI is InChI=1S/C19H26N4O2/c1-15-13-22(17-5-7-18(25-3)8-6-17)10-11-23(15)19(24)9-4-16-12-20-21(2)14-16/h5-8,12,14-15H,4,9-11,13H2,1-3H3/t15-/m0/s1. The molecule has 0 saturated carbocycles. The Morgan fingerprint density at radius 3 is 2.64 bits per heavy atom. The van der Waals surface area contributed by atoms with Crippen LogP contribution < -0.4 is 9.64 Å². The molecule has 1 aliphatic rings. The summed E-state index contributed by atoms with van der Waals surface area (Å²) < 4.78 is 6.99. The number of carbonyl (C=O) groups excluding carboxylic acids is 1. The SMILES string of the molecule is COc1ccc(N2CCN(C(=O)CCc3cnn(C)c3)[C@@H](C)C2)cc1. The van der Waals surface area contributed by atoms with E-state index in [1.54, 1.807) is 11.8 Å². The molecule has 0 bridgehead atoms. The molecule has 1 saturated heterocycles. The normalized spacial score (nSPS) is 17.6. The first-order valence-electron chi connectivity index (χ1n) is 8.73. The highest BCUT2D eigenvalue weighted by Crippen LogP contribution is 2.22. The molecule has 3 rings (SSSR count). The molecular weight excluding hydrogens is 316 g/mol. The fourth-order valence-electron chi connectivity index (χ4n) is 3.35. The first kappa shape index (κ1) is 17.3. The van der Waals surface area contributed by atoms with Crippen molar-refractivity contribution in [3.8, 4) is 5.75 Å². The highest BCUT2D eigenvalue weighted by atomic mass is 16.5. The van der Waals surface area contributed by atoms with E-state index in [4.69, 9.17) is 4.74 Å². The van der Waals surface area contributed by atoms with Gasteiger partial charge in [-0.3, -0.25) is 9.48 Å². The molecule has 1 aliphatic heterocycles. The monoisotopic (exact) mass is 342 g/mol. The summed E-state index contributed by atoms with van der Waals surface area (Å²) in [7, 11) is 3.57. The summed E-state index contributed by atoms with van der Waals surface area (Å²) in [6.07, 6.45) is 5.09. The summed E-state index contributed by atoms with van der Waals surface area (Å²) in [6, 6.07) is 8.31. The van der Waals surface area contributed by atoms with Gasteiger partial charge in [-0.25, -0.2) is 0 Å². The molecule has 2 heterocycles. The van der Waals surface area contributed by atoms with E-state index < -0.39 is 0 Å². The summed E-state index contributed by atoms with van der Waals surface area (Å²) in [5.41, 5.74) is 2.29. The van der Waals surface area contributed by atoms with Crippen LogP contribution in [0.4, 0.5) is 5.69 Å². The summed E-state index contributed by atoms with van der Waals surface area (Å²) >= 11 is 0. The number of benzene rings is 1. The smallest absolute Gasteiger partial charge is 0.223 e. The molecule has 1 atom stereocenters. The average molecular weight is 342 g/mol. The zero-order chi connectivity index (χ0) is 17.8. The van der Waals surface area contributed by atoms with Crippen LogP contribution in [0.3, 0.4) is 0 Å². The molecule has 1 fully saturated rings. The predicted octanol–water partition coefficient (Wildman–Crippen LogP) is 2.10. The quantitative estimate of drug-likeness (QED) is 0.835. The average Bonchev–Trinajstić information content (AvgIpc) is 3.05. The van der Waals surface area contributed by atoms with Crippen LogP contribution >= 0.6 is 0 Å². The van der Waals surface area contributed by atoms with E-state index in [2.05, 4.69) is 29.1 Å². The number of hydrogen-bond acceptors (Lipinski definition) is 4. The van der Waals surface area contributed by atoms with Gasteiger partial charge in [0.15, 0.2) is 0 Å². The van der Waals surface area contributed by atoms with Gasteiger partial charge in [-0.1, -0.05) is 0 Å². The number of aryl methyl sites for hydroxylation is 2. The van der Waals surface area contributed by atoms with E-state index in [1.807, 2.05) is 36.5 Å². The van der Waals surface area contributed by atoms with Gasteiger partial charge in [0.25, 0.3) is 0 Å². The van der Waals surface area contributed by atoms with E-state index in [9.17, 15) is 4.79 Å². The number of amides is 1. The number of piperazine rings is 1. The van der Waals surface area contributed by atoms with Crippen molar-refractivity contribution in [1.82, 2.24) is 14.7 Å². The van der Waals surface area contributed by atoms with Crippen LogP contribution in [0.1, 0.15) is 18.9 Å². The van der Waals surface area contributed by atoms with Gasteiger partial charge in [0, 0.05) is 51.0 Å². The fourth-order valence-corrected chi connectivity index (χ4v) is 3.35. The second-order valence-corrected chi connectivity index (χ2v) is 6.60. The Hall–Kier alpha value is -2.50. The van der Waals surface area contributed by atoms with Gasteiger partial charge < -0.3 is 14.5 Å². The van der Waals surface area contributed by atoms with Gasteiger partial charge in [-0.2, -0.15) is 5.10 Å². The predicted molar refractivity (Wildman–Crippen MR) is 97.9 cm³/mol. The number of methoxy groups -OCH3 is 1. The molecule has 0 radical (unpaired) electrons. The van der Waals surface area contributed by atoms with Crippen molar-refractivity contribution in [2.75, 3.05) is 31.6 Å². The zero-order valence-corrected chi connectivity index (χ0v) is 15.2. The van der Waals surface area contributed by atoms with Crippen molar-refractivity contribution in [1.29, 1.82) is 0 Å². The summed E-state index contributed by atoms with van der Waals surface area (Å²) in [5.74, 6) is 1.09. The van der Waals surface area contributed by atoms with Crippen LogP contribution in [-0.2, 0) is 18.3 Å². The third kappa shape index (κ3) is 4.13. The number of hydrogen-bond donors (Lipinski definition) is 0. The van der Waals surface area contributed by atoms with Gasteiger partial charge in [0.2, 0.25) is 5.91 Å². The molecule has 6 nitrogen and oxygen atoms in total. The lowest BCUT2D eigenvalue weighted by atomic mass is 10.1. The molecule has 0 unspecified atom stereocenters. The Morgan fingerprint density at radius 2 is 2.04 bits per heavy atom. The molecule has 0 aliphatic carbocycles. The Kier molecular flexibility index (Phi) is 5.26. The number of anilines is 1. The molecule has 1 amide bonds. The Morgan fingerprint density at radius 1 is 1.28 bits per heavy atom. The summed E-state index contributed by atoms with van der Waals surface area (Å²) in [5, 5.41) is 4.15. The topological polar surface area (TPSA) is 50.6 Å². The van der Waals surface area contributed by atoms with Crippen LogP contribution in [0.25, 0.3) is 0 Å². The third-order valence-electron chi connectivity index (χ3n) is 4.77. The molecule has 25 heavy (non-hydrogen) atoms. The molecule has 134 valence electrons. The Bertz CT molecular complexity index is 710. The molecular formula is C19H26N4O2. The van der Waals surface area contributed by atoms with E-state index in [1.165, 1.54) is 5.69 Å². The highest BCUT2D eigenvalue weighted by molar-refractivity contribution is 5.77. The lowest BCUT2D eigenvalue weighted by Gasteiger charge is -2.41. The number of ether oxygens (including phenoxy) is 1. The highest BCUT2D eigenvalue weighted by Gasteiger charge is 2.27. The largest absolute Gasteiger partial charge is 0.497 e. The lowest BCUT2D eigenvalue weighted by Crippen LogP contribution is -2.54. The van der Waals surface area contributed by atoms with Crippen molar-refractivity contribution in [3.05, 3.63) is 42.2 Å². The van der Waals surface area contributed by atoms with Crippen LogP contribution in [0, 0.1) is 0 Å². The maximum absolute atomic E-state index is 12.6. The van der Waals surface area contributed by atoms with Gasteiger partial charge >= 0.3 is 0 Å². The minimum absolute atomic E-state index is 0.206. The molecule has 0 spiro atoms. The number of aromatic nitrogens is 2. The molecule has 1 aromatic heterocycles. The van der Waals surface area contributed by atoms with Crippen LogP contribution in [0.5, 0.6) is 5.75 Å². The van der Waals surface area contributed by atoms with E-state index in [0.29, 0.717) is 6.42 Å². The summed E-state index contributed by atoms with van der Waals surface area (Å²) in [6.45, 7) is 4.59. The minimum atomic E-state index is 0.206. The van der Waals surface area contributed by atoms with Crippen molar-refractivity contribution in [3.63, 3.8) is 0 Å². The van der Waals surface area contributed by atoms with Gasteiger partial charge in [-0.05, 0) is 43.2 Å². The van der Waals surface area contributed by atoms with E-state index in [0.717, 1.165) is 37.4 Å². The fraction of sp³-hybridized carbons (Fsp3) is 0.474. The number of rotatable bonds is 5. The van der Waals surface area contributed by atoms with Crippen LogP contribution in [0.2, 0.25) is 0 Å². The van der Waals surface area contributed by atoms with Gasteiger partial charge in [-0.15, -0.1) is 0 Å². The van der Waals surface area contributed by atoms with Crippen molar-refractivity contribution in [2.45, 2.75) is 25.8 Å². The molecule has 2 aromatic rings. The van der Waals surface area contributed by atoms with Crippen molar-refractivity contribution < 1.29 is 9.53 Å². The summed E-state index contributed by atoms with van der Waals surface area (Å²) in [4.78, 5) is 16.9. The maximum atomic E-state index is 12.6. The molecule has 6 heteroatoms. The zero-order valence-electron chi connectivity index (χ0n) is 15.2. The Labute approximate surface area is 149 Å². The first-order chi connectivity index (χ1) is 12.1. The minimum Gasteiger partial charge on any atom is -0.497 e. The first-order valence-corrected chi connectivity index (χ1v) is 8.73. The third-order valence-corrected chi connectivity index (χ3v) is 4.77. The lowest BCUT2D eigenvalue weighted by molar-refractivity contribution is -0.133. The van der Waals surface area contributed by atoms with Crippen LogP contribution in [0.15, 0.2) is 36.7 Å². The second-order valence-electron chi connectivity index (χ2n) is 6.60. The molecule has 1 aromatic carbocycles. The van der Waals surface area contributed by atoms with Crippen molar-refractivity contribution >= 4 is 11.6 Å². The van der Waals surface area contributed by atoms with E-state index >= 15 is 0 Å². The Balaban J connectivity index is 1.54. The molecule has 0 N–H and O–H groups in total. The second kappa shape index (κ2) is 7.59. The van der Waals surface area contributed by atoms with E-state index in [-0.39, 0.29) is 11.9 Å². The maximum Gasteiger partial charge on any atom is 0.223 e. The number of nitrogens with zero attached hydrogens (tertiary/aromatic N) is 4. The van der Waals surface area contributed by atoms with Crippen molar-refractivity contribution in [2.24, 2.45) is 7.05 Å². The van der Waals surface area contributed by atoms with Gasteiger partial charge in [0.1, 0.15) is 5.75 Å².